The quantitative estimate of drug-likeness (QED) is 0.695. The maximum atomic E-state index is 11.8. The standard InChI is InChI=1S/C15H23NO4/c1-3-18-14(15(17)19-4-2)11-12-5-7-13(8-6-12)20-10-9-16/h5-8,14H,3-4,9-11,16H2,1-2H3/t14-/m1/s1. The molecule has 0 aliphatic heterocycles. The number of ether oxygens (including phenoxy) is 3. The molecule has 0 bridgehead atoms. The van der Waals surface area contributed by atoms with Crippen LogP contribution in [0.25, 0.3) is 0 Å². The summed E-state index contributed by atoms with van der Waals surface area (Å²) in [5.41, 5.74) is 6.37. The molecule has 1 aromatic rings. The Labute approximate surface area is 120 Å². The Balaban J connectivity index is 2.61. The molecular formula is C15H23NO4. The number of rotatable bonds is 9. The van der Waals surface area contributed by atoms with Gasteiger partial charge in [-0.15, -0.1) is 0 Å². The smallest absolute Gasteiger partial charge is 0.335 e. The predicted molar refractivity (Wildman–Crippen MR) is 76.7 cm³/mol. The Morgan fingerprint density at radius 2 is 1.90 bits per heavy atom. The first-order chi connectivity index (χ1) is 9.71. The minimum absolute atomic E-state index is 0.321. The third-order valence-electron chi connectivity index (χ3n) is 2.65. The number of hydrogen-bond acceptors (Lipinski definition) is 5. The predicted octanol–water partition coefficient (Wildman–Crippen LogP) is 1.53. The first kappa shape index (κ1) is 16.5. The van der Waals surface area contributed by atoms with E-state index in [9.17, 15) is 4.79 Å². The van der Waals surface area contributed by atoms with Crippen LogP contribution in [0.2, 0.25) is 0 Å². The van der Waals surface area contributed by atoms with E-state index in [2.05, 4.69) is 0 Å². The second kappa shape index (κ2) is 9.34. The fourth-order valence-corrected chi connectivity index (χ4v) is 1.76. The summed E-state index contributed by atoms with van der Waals surface area (Å²) in [7, 11) is 0. The number of carbonyl (C=O) groups excluding carboxylic acids is 1. The van der Waals surface area contributed by atoms with Crippen molar-refractivity contribution in [3.05, 3.63) is 29.8 Å². The first-order valence-corrected chi connectivity index (χ1v) is 6.91. The monoisotopic (exact) mass is 281 g/mol. The highest BCUT2D eigenvalue weighted by Crippen LogP contribution is 2.14. The lowest BCUT2D eigenvalue weighted by atomic mass is 10.1. The zero-order valence-electron chi connectivity index (χ0n) is 12.1. The minimum Gasteiger partial charge on any atom is -0.492 e. The van der Waals surface area contributed by atoms with E-state index < -0.39 is 6.10 Å². The van der Waals surface area contributed by atoms with Crippen molar-refractivity contribution < 1.29 is 19.0 Å². The zero-order valence-corrected chi connectivity index (χ0v) is 12.1. The Morgan fingerprint density at radius 1 is 1.20 bits per heavy atom. The molecule has 0 aliphatic rings. The van der Waals surface area contributed by atoms with Gasteiger partial charge in [0.15, 0.2) is 6.10 Å². The van der Waals surface area contributed by atoms with Gasteiger partial charge in [0.1, 0.15) is 12.4 Å². The van der Waals surface area contributed by atoms with Gasteiger partial charge in [-0.1, -0.05) is 12.1 Å². The van der Waals surface area contributed by atoms with Crippen molar-refractivity contribution >= 4 is 5.97 Å². The van der Waals surface area contributed by atoms with E-state index in [-0.39, 0.29) is 5.97 Å². The topological polar surface area (TPSA) is 70.8 Å². The average Bonchev–Trinajstić information content (AvgIpc) is 2.46. The van der Waals surface area contributed by atoms with Crippen molar-refractivity contribution in [1.29, 1.82) is 0 Å². The normalized spacial score (nSPS) is 11.9. The molecule has 0 saturated heterocycles. The molecule has 2 N–H and O–H groups in total. The summed E-state index contributed by atoms with van der Waals surface area (Å²) in [5.74, 6) is 0.445. The van der Waals surface area contributed by atoms with Crippen LogP contribution < -0.4 is 10.5 Å². The molecule has 5 nitrogen and oxygen atoms in total. The van der Waals surface area contributed by atoms with Crippen molar-refractivity contribution in [3.63, 3.8) is 0 Å². The van der Waals surface area contributed by atoms with Crippen molar-refractivity contribution in [1.82, 2.24) is 0 Å². The summed E-state index contributed by atoms with van der Waals surface area (Å²) in [6.45, 7) is 5.44. The van der Waals surface area contributed by atoms with E-state index in [4.69, 9.17) is 19.9 Å². The molecule has 1 aromatic carbocycles. The largest absolute Gasteiger partial charge is 0.492 e. The molecule has 0 radical (unpaired) electrons. The zero-order chi connectivity index (χ0) is 14.8. The van der Waals surface area contributed by atoms with Crippen LogP contribution in [-0.4, -0.2) is 38.4 Å². The number of carbonyl (C=O) groups is 1. The molecule has 0 aromatic heterocycles. The lowest BCUT2D eigenvalue weighted by molar-refractivity contribution is -0.156. The molecule has 0 amide bonds. The van der Waals surface area contributed by atoms with Crippen molar-refractivity contribution in [2.75, 3.05) is 26.4 Å². The fourth-order valence-electron chi connectivity index (χ4n) is 1.76. The van der Waals surface area contributed by atoms with Crippen LogP contribution >= 0.6 is 0 Å². The van der Waals surface area contributed by atoms with Crippen LogP contribution in [0.15, 0.2) is 24.3 Å². The SMILES string of the molecule is CCOC(=O)[C@@H](Cc1ccc(OCCN)cc1)OCC. The van der Waals surface area contributed by atoms with Crippen LogP contribution in [-0.2, 0) is 20.7 Å². The number of nitrogens with two attached hydrogens (primary N) is 1. The second-order valence-electron chi connectivity index (χ2n) is 4.18. The summed E-state index contributed by atoms with van der Waals surface area (Å²) in [5, 5.41) is 0. The Hall–Kier alpha value is -1.59. The second-order valence-corrected chi connectivity index (χ2v) is 4.18. The highest BCUT2D eigenvalue weighted by molar-refractivity contribution is 5.75. The van der Waals surface area contributed by atoms with Gasteiger partial charge in [-0.2, -0.15) is 0 Å². The minimum atomic E-state index is -0.559. The van der Waals surface area contributed by atoms with Crippen LogP contribution in [0.4, 0.5) is 0 Å². The molecule has 0 heterocycles. The first-order valence-electron chi connectivity index (χ1n) is 6.91. The van der Waals surface area contributed by atoms with Crippen LogP contribution in [0.3, 0.4) is 0 Å². The van der Waals surface area contributed by atoms with Gasteiger partial charge in [-0.3, -0.25) is 0 Å². The van der Waals surface area contributed by atoms with Crippen LogP contribution in [0.1, 0.15) is 19.4 Å². The van der Waals surface area contributed by atoms with Gasteiger partial charge in [-0.25, -0.2) is 4.79 Å². The molecular weight excluding hydrogens is 258 g/mol. The van der Waals surface area contributed by atoms with Gasteiger partial charge >= 0.3 is 5.97 Å². The molecule has 112 valence electrons. The number of hydrogen-bond donors (Lipinski definition) is 1. The van der Waals surface area contributed by atoms with Crippen molar-refractivity contribution in [2.24, 2.45) is 5.73 Å². The summed E-state index contributed by atoms with van der Waals surface area (Å²) in [6, 6.07) is 7.55. The number of benzene rings is 1. The van der Waals surface area contributed by atoms with Crippen molar-refractivity contribution in [3.8, 4) is 5.75 Å². The lowest BCUT2D eigenvalue weighted by Gasteiger charge is -2.15. The van der Waals surface area contributed by atoms with E-state index in [0.29, 0.717) is 32.8 Å². The van der Waals surface area contributed by atoms with E-state index in [1.165, 1.54) is 0 Å². The summed E-state index contributed by atoms with van der Waals surface area (Å²) >= 11 is 0. The third kappa shape index (κ3) is 5.59. The Kier molecular flexibility index (Phi) is 7.69. The van der Waals surface area contributed by atoms with Gasteiger partial charge in [0.2, 0.25) is 0 Å². The van der Waals surface area contributed by atoms with Gasteiger partial charge in [0, 0.05) is 19.6 Å². The van der Waals surface area contributed by atoms with E-state index in [0.717, 1.165) is 11.3 Å². The van der Waals surface area contributed by atoms with Crippen molar-refractivity contribution in [2.45, 2.75) is 26.4 Å². The van der Waals surface area contributed by atoms with Gasteiger partial charge < -0.3 is 19.9 Å². The molecule has 0 unspecified atom stereocenters. The van der Waals surface area contributed by atoms with Gasteiger partial charge in [-0.05, 0) is 31.5 Å². The molecule has 0 saturated carbocycles. The van der Waals surface area contributed by atoms with E-state index >= 15 is 0 Å². The third-order valence-corrected chi connectivity index (χ3v) is 2.65. The number of esters is 1. The fraction of sp³-hybridized carbons (Fsp3) is 0.533. The summed E-state index contributed by atoms with van der Waals surface area (Å²) < 4.78 is 15.8. The van der Waals surface area contributed by atoms with E-state index in [1.54, 1.807) is 6.92 Å². The summed E-state index contributed by atoms with van der Waals surface area (Å²) in [4.78, 5) is 11.8. The van der Waals surface area contributed by atoms with Crippen LogP contribution in [0, 0.1) is 0 Å². The Bertz CT molecular complexity index is 391. The summed E-state index contributed by atoms with van der Waals surface area (Å²) in [6.07, 6.45) is -0.0696. The maximum Gasteiger partial charge on any atom is 0.335 e. The average molecular weight is 281 g/mol. The van der Waals surface area contributed by atoms with Gasteiger partial charge in [0.25, 0.3) is 0 Å². The Morgan fingerprint density at radius 3 is 2.45 bits per heavy atom. The molecule has 20 heavy (non-hydrogen) atoms. The maximum absolute atomic E-state index is 11.8. The van der Waals surface area contributed by atoms with Crippen LogP contribution in [0.5, 0.6) is 5.75 Å². The molecule has 0 aliphatic carbocycles. The van der Waals surface area contributed by atoms with E-state index in [1.807, 2.05) is 31.2 Å². The lowest BCUT2D eigenvalue weighted by Crippen LogP contribution is -2.28. The molecule has 0 spiro atoms. The molecule has 1 rings (SSSR count). The van der Waals surface area contributed by atoms with Gasteiger partial charge in [0.05, 0.1) is 6.61 Å². The highest BCUT2D eigenvalue weighted by atomic mass is 16.6. The molecule has 1 atom stereocenters. The highest BCUT2D eigenvalue weighted by Gasteiger charge is 2.20. The molecule has 0 fully saturated rings. The molecule has 5 heteroatoms.